The Morgan fingerprint density at radius 1 is 1.04 bits per heavy atom. The van der Waals surface area contributed by atoms with Crippen LogP contribution in [0.5, 0.6) is 0 Å². The SMILES string of the molecule is O=C(Cc1ccccc1)N(Cc1ccccn1)c1nc2ccc(F)cc2s1. The predicted molar refractivity (Wildman–Crippen MR) is 105 cm³/mol. The second-order valence-corrected chi connectivity index (χ2v) is 7.08. The maximum atomic E-state index is 13.5. The maximum absolute atomic E-state index is 13.5. The number of carbonyl (C=O) groups is 1. The number of benzene rings is 2. The fourth-order valence-corrected chi connectivity index (χ4v) is 3.79. The van der Waals surface area contributed by atoms with Gasteiger partial charge in [-0.25, -0.2) is 9.37 Å². The number of aromatic nitrogens is 2. The van der Waals surface area contributed by atoms with E-state index in [1.165, 1.54) is 23.5 Å². The highest BCUT2D eigenvalue weighted by Gasteiger charge is 2.21. The molecule has 0 aliphatic rings. The Labute approximate surface area is 159 Å². The van der Waals surface area contributed by atoms with Crippen molar-refractivity contribution in [1.29, 1.82) is 0 Å². The summed E-state index contributed by atoms with van der Waals surface area (Å²) in [5.74, 6) is -0.393. The molecule has 1 amide bonds. The summed E-state index contributed by atoms with van der Waals surface area (Å²) in [6, 6.07) is 19.6. The van der Waals surface area contributed by atoms with E-state index >= 15 is 0 Å². The van der Waals surface area contributed by atoms with Crippen molar-refractivity contribution in [1.82, 2.24) is 9.97 Å². The van der Waals surface area contributed by atoms with E-state index in [1.54, 1.807) is 17.2 Å². The molecule has 6 heteroatoms. The molecule has 0 atom stereocenters. The van der Waals surface area contributed by atoms with Crippen LogP contribution in [-0.4, -0.2) is 15.9 Å². The first-order valence-electron chi connectivity index (χ1n) is 8.49. The molecular formula is C21H16FN3OS. The first-order chi connectivity index (χ1) is 13.2. The summed E-state index contributed by atoms with van der Waals surface area (Å²) >= 11 is 1.30. The van der Waals surface area contributed by atoms with E-state index in [2.05, 4.69) is 9.97 Å². The monoisotopic (exact) mass is 377 g/mol. The zero-order valence-corrected chi connectivity index (χ0v) is 15.2. The summed E-state index contributed by atoms with van der Waals surface area (Å²) in [5.41, 5.74) is 2.37. The van der Waals surface area contributed by atoms with Crippen LogP contribution in [0.1, 0.15) is 11.3 Å². The molecule has 4 rings (SSSR count). The largest absolute Gasteiger partial charge is 0.282 e. The van der Waals surface area contributed by atoms with Gasteiger partial charge in [0.15, 0.2) is 5.13 Å². The molecule has 2 aromatic carbocycles. The van der Waals surface area contributed by atoms with Crippen molar-refractivity contribution < 1.29 is 9.18 Å². The van der Waals surface area contributed by atoms with E-state index in [1.807, 2.05) is 48.5 Å². The molecule has 4 nitrogen and oxygen atoms in total. The van der Waals surface area contributed by atoms with E-state index in [9.17, 15) is 9.18 Å². The Morgan fingerprint density at radius 3 is 2.63 bits per heavy atom. The summed E-state index contributed by atoms with van der Waals surface area (Å²) in [6.45, 7) is 0.314. The predicted octanol–water partition coefficient (Wildman–Crippen LogP) is 4.61. The van der Waals surface area contributed by atoms with E-state index in [0.29, 0.717) is 21.9 Å². The third-order valence-electron chi connectivity index (χ3n) is 4.12. The highest BCUT2D eigenvalue weighted by Crippen LogP contribution is 2.30. The van der Waals surface area contributed by atoms with Gasteiger partial charge in [0.1, 0.15) is 5.82 Å². The molecule has 0 aliphatic carbocycles. The van der Waals surface area contributed by atoms with Crippen LogP contribution in [0.25, 0.3) is 10.2 Å². The summed E-state index contributed by atoms with van der Waals surface area (Å²) < 4.78 is 14.2. The minimum Gasteiger partial charge on any atom is -0.282 e. The lowest BCUT2D eigenvalue weighted by Gasteiger charge is -2.19. The zero-order chi connectivity index (χ0) is 18.6. The Hall–Kier alpha value is -3.12. The standard InChI is InChI=1S/C21H16FN3OS/c22-16-9-10-18-19(13-16)27-21(24-18)25(14-17-8-4-5-11-23-17)20(26)12-15-6-2-1-3-7-15/h1-11,13H,12,14H2. The van der Waals surface area contributed by atoms with Gasteiger partial charge in [-0.3, -0.25) is 14.7 Å². The van der Waals surface area contributed by atoms with Gasteiger partial charge in [-0.05, 0) is 35.9 Å². The number of hydrogen-bond donors (Lipinski definition) is 0. The van der Waals surface area contributed by atoms with Crippen LogP contribution in [0.3, 0.4) is 0 Å². The molecule has 0 unspecified atom stereocenters. The third-order valence-corrected chi connectivity index (χ3v) is 5.16. The summed E-state index contributed by atoms with van der Waals surface area (Å²) in [6.07, 6.45) is 1.96. The molecule has 0 radical (unpaired) electrons. The molecule has 2 heterocycles. The van der Waals surface area contributed by atoms with E-state index in [-0.39, 0.29) is 18.1 Å². The minimum absolute atomic E-state index is 0.0774. The van der Waals surface area contributed by atoms with Crippen molar-refractivity contribution in [3.63, 3.8) is 0 Å². The summed E-state index contributed by atoms with van der Waals surface area (Å²) in [4.78, 5) is 23.5. The number of thiazole rings is 1. The molecule has 0 N–H and O–H groups in total. The Kier molecular flexibility index (Phi) is 4.89. The number of halogens is 1. The first-order valence-corrected chi connectivity index (χ1v) is 9.31. The molecule has 134 valence electrons. The molecule has 0 saturated heterocycles. The van der Waals surface area contributed by atoms with Gasteiger partial charge in [0.2, 0.25) is 5.91 Å². The van der Waals surface area contributed by atoms with Gasteiger partial charge in [0.25, 0.3) is 0 Å². The van der Waals surface area contributed by atoms with E-state index < -0.39 is 0 Å². The fourth-order valence-electron chi connectivity index (χ4n) is 2.78. The van der Waals surface area contributed by atoms with Gasteiger partial charge in [-0.15, -0.1) is 0 Å². The Morgan fingerprint density at radius 2 is 1.85 bits per heavy atom. The fraction of sp³-hybridized carbons (Fsp3) is 0.0952. The van der Waals surface area contributed by atoms with Crippen molar-refractivity contribution in [2.45, 2.75) is 13.0 Å². The van der Waals surface area contributed by atoms with Crippen molar-refractivity contribution in [3.05, 3.63) is 90.0 Å². The van der Waals surface area contributed by atoms with Crippen LogP contribution in [0.15, 0.2) is 72.9 Å². The van der Waals surface area contributed by atoms with Crippen LogP contribution in [0, 0.1) is 5.82 Å². The summed E-state index contributed by atoms with van der Waals surface area (Å²) in [5, 5.41) is 0.544. The van der Waals surface area contributed by atoms with Crippen molar-refractivity contribution in [3.8, 4) is 0 Å². The maximum Gasteiger partial charge on any atom is 0.233 e. The quantitative estimate of drug-likeness (QED) is 0.510. The van der Waals surface area contributed by atoms with Gasteiger partial charge in [-0.2, -0.15) is 0 Å². The number of nitrogens with zero attached hydrogens (tertiary/aromatic N) is 3. The highest BCUT2D eigenvalue weighted by molar-refractivity contribution is 7.22. The van der Waals surface area contributed by atoms with Crippen LogP contribution in [-0.2, 0) is 17.8 Å². The molecule has 27 heavy (non-hydrogen) atoms. The first kappa shape index (κ1) is 17.3. The molecule has 2 aromatic heterocycles. The molecular weight excluding hydrogens is 361 g/mol. The topological polar surface area (TPSA) is 46.1 Å². The molecule has 0 spiro atoms. The number of carbonyl (C=O) groups excluding carboxylic acids is 1. The minimum atomic E-state index is -0.315. The lowest BCUT2D eigenvalue weighted by atomic mass is 10.1. The van der Waals surface area contributed by atoms with Crippen LogP contribution >= 0.6 is 11.3 Å². The molecule has 0 bridgehead atoms. The molecule has 0 aliphatic heterocycles. The molecule has 0 saturated carbocycles. The number of anilines is 1. The number of rotatable bonds is 5. The summed E-state index contributed by atoms with van der Waals surface area (Å²) in [7, 11) is 0. The molecule has 0 fully saturated rings. The Bertz CT molecular complexity index is 1070. The van der Waals surface area contributed by atoms with Crippen molar-refractivity contribution >= 4 is 32.6 Å². The number of hydrogen-bond acceptors (Lipinski definition) is 4. The van der Waals surface area contributed by atoms with Gasteiger partial charge in [0, 0.05) is 6.20 Å². The number of pyridine rings is 1. The average Bonchev–Trinajstić information content (AvgIpc) is 3.10. The number of amides is 1. The second-order valence-electron chi connectivity index (χ2n) is 6.07. The van der Waals surface area contributed by atoms with Gasteiger partial charge < -0.3 is 0 Å². The normalized spacial score (nSPS) is 10.9. The lowest BCUT2D eigenvalue weighted by Crippen LogP contribution is -2.32. The average molecular weight is 377 g/mol. The zero-order valence-electron chi connectivity index (χ0n) is 14.4. The van der Waals surface area contributed by atoms with Crippen molar-refractivity contribution in [2.24, 2.45) is 0 Å². The lowest BCUT2D eigenvalue weighted by molar-refractivity contribution is -0.118. The van der Waals surface area contributed by atoms with Gasteiger partial charge in [-0.1, -0.05) is 47.7 Å². The van der Waals surface area contributed by atoms with Crippen molar-refractivity contribution in [2.75, 3.05) is 4.90 Å². The third kappa shape index (κ3) is 4.01. The smallest absolute Gasteiger partial charge is 0.233 e. The highest BCUT2D eigenvalue weighted by atomic mass is 32.1. The van der Waals surface area contributed by atoms with Gasteiger partial charge >= 0.3 is 0 Å². The van der Waals surface area contributed by atoms with Crippen LogP contribution in [0.2, 0.25) is 0 Å². The molecule has 4 aromatic rings. The van der Waals surface area contributed by atoms with Crippen LogP contribution in [0.4, 0.5) is 9.52 Å². The number of fused-ring (bicyclic) bond motifs is 1. The Balaban J connectivity index is 1.68. The van der Waals surface area contributed by atoms with Crippen LogP contribution < -0.4 is 4.90 Å². The van der Waals surface area contributed by atoms with E-state index in [4.69, 9.17) is 0 Å². The second kappa shape index (κ2) is 7.63. The van der Waals surface area contributed by atoms with E-state index in [0.717, 1.165) is 11.3 Å². The van der Waals surface area contributed by atoms with Gasteiger partial charge in [0.05, 0.1) is 28.9 Å².